The molecule has 14 heavy (non-hydrogen) atoms. The van der Waals surface area contributed by atoms with E-state index in [9.17, 15) is 0 Å². The molecule has 0 spiro atoms. The van der Waals surface area contributed by atoms with Crippen LogP contribution in [0, 0.1) is 5.41 Å². The summed E-state index contributed by atoms with van der Waals surface area (Å²) in [6, 6.07) is 0.362. The fourth-order valence-electron chi connectivity index (χ4n) is 2.23. The normalized spacial score (nSPS) is 21.6. The van der Waals surface area contributed by atoms with Crippen LogP contribution in [0.25, 0.3) is 0 Å². The highest BCUT2D eigenvalue weighted by Gasteiger charge is 2.34. The summed E-state index contributed by atoms with van der Waals surface area (Å²) < 4.78 is 0. The van der Waals surface area contributed by atoms with E-state index in [2.05, 4.69) is 19.2 Å². The van der Waals surface area contributed by atoms with Gasteiger partial charge in [0.05, 0.1) is 0 Å². The molecule has 0 aromatic rings. The Balaban J connectivity index is 1.97. The Morgan fingerprint density at radius 2 is 2.14 bits per heavy atom. The standard InChI is InChI=1S/C12H26N2/c1-3-12(7-5-8-12)10-14-9-4-6-11(2)13/h11,14H,3-10,13H2,1-2H3. The molecule has 1 rings (SSSR count). The summed E-state index contributed by atoms with van der Waals surface area (Å²) in [4.78, 5) is 0. The fraction of sp³-hybridized carbons (Fsp3) is 1.00. The minimum Gasteiger partial charge on any atom is -0.328 e. The van der Waals surface area contributed by atoms with E-state index in [4.69, 9.17) is 5.73 Å². The number of hydrogen-bond donors (Lipinski definition) is 2. The Morgan fingerprint density at radius 1 is 1.43 bits per heavy atom. The maximum Gasteiger partial charge on any atom is 0.00109 e. The van der Waals surface area contributed by atoms with Crippen molar-refractivity contribution in [2.45, 2.75) is 58.4 Å². The van der Waals surface area contributed by atoms with Gasteiger partial charge >= 0.3 is 0 Å². The van der Waals surface area contributed by atoms with Gasteiger partial charge in [0.15, 0.2) is 0 Å². The summed E-state index contributed by atoms with van der Waals surface area (Å²) in [5.41, 5.74) is 6.36. The SMILES string of the molecule is CCC1(CNCCCC(C)N)CCC1. The van der Waals surface area contributed by atoms with Gasteiger partial charge in [0.25, 0.3) is 0 Å². The van der Waals surface area contributed by atoms with Gasteiger partial charge in [0.1, 0.15) is 0 Å². The lowest BCUT2D eigenvalue weighted by molar-refractivity contribution is 0.124. The molecule has 84 valence electrons. The molecule has 1 atom stereocenters. The van der Waals surface area contributed by atoms with Crippen LogP contribution in [0.15, 0.2) is 0 Å². The molecule has 3 N–H and O–H groups in total. The quantitative estimate of drug-likeness (QED) is 0.616. The molecule has 0 aliphatic heterocycles. The molecule has 0 aromatic heterocycles. The van der Waals surface area contributed by atoms with Gasteiger partial charge in [-0.1, -0.05) is 13.3 Å². The van der Waals surface area contributed by atoms with Crippen molar-refractivity contribution in [2.75, 3.05) is 13.1 Å². The summed E-state index contributed by atoms with van der Waals surface area (Å²) in [6.07, 6.45) is 8.01. The third kappa shape index (κ3) is 3.58. The number of rotatable bonds is 7. The number of nitrogens with one attached hydrogen (secondary N) is 1. The van der Waals surface area contributed by atoms with Gasteiger partial charge in [-0.25, -0.2) is 0 Å². The topological polar surface area (TPSA) is 38.0 Å². The van der Waals surface area contributed by atoms with Crippen molar-refractivity contribution in [3.8, 4) is 0 Å². The zero-order valence-corrected chi connectivity index (χ0v) is 9.81. The van der Waals surface area contributed by atoms with Gasteiger partial charge in [0, 0.05) is 12.6 Å². The molecule has 0 heterocycles. The van der Waals surface area contributed by atoms with Gasteiger partial charge in [-0.3, -0.25) is 0 Å². The first kappa shape index (κ1) is 12.0. The highest BCUT2D eigenvalue weighted by Crippen LogP contribution is 2.42. The predicted molar refractivity (Wildman–Crippen MR) is 62.3 cm³/mol. The van der Waals surface area contributed by atoms with E-state index in [-0.39, 0.29) is 0 Å². The molecule has 1 aliphatic rings. The Hall–Kier alpha value is -0.0800. The van der Waals surface area contributed by atoms with Crippen molar-refractivity contribution in [3.05, 3.63) is 0 Å². The van der Waals surface area contributed by atoms with Crippen LogP contribution < -0.4 is 11.1 Å². The van der Waals surface area contributed by atoms with Crippen molar-refractivity contribution in [2.24, 2.45) is 11.1 Å². The van der Waals surface area contributed by atoms with E-state index in [1.165, 1.54) is 38.6 Å². The molecular weight excluding hydrogens is 172 g/mol. The second-order valence-electron chi connectivity index (χ2n) is 5.00. The van der Waals surface area contributed by atoms with Crippen molar-refractivity contribution in [1.29, 1.82) is 0 Å². The molecule has 1 aliphatic carbocycles. The van der Waals surface area contributed by atoms with Crippen LogP contribution >= 0.6 is 0 Å². The molecule has 0 saturated heterocycles. The molecule has 1 fully saturated rings. The van der Waals surface area contributed by atoms with E-state index in [0.717, 1.165) is 13.0 Å². The van der Waals surface area contributed by atoms with Crippen molar-refractivity contribution < 1.29 is 0 Å². The minimum atomic E-state index is 0.362. The lowest BCUT2D eigenvalue weighted by Gasteiger charge is -2.41. The van der Waals surface area contributed by atoms with Crippen LogP contribution in [0.2, 0.25) is 0 Å². The summed E-state index contributed by atoms with van der Waals surface area (Å²) in [6.45, 7) is 6.77. The van der Waals surface area contributed by atoms with Gasteiger partial charge in [-0.05, 0) is 51.0 Å². The van der Waals surface area contributed by atoms with Crippen LogP contribution in [0.1, 0.15) is 52.4 Å². The first-order chi connectivity index (χ1) is 6.68. The molecule has 0 amide bonds. The molecular formula is C12H26N2. The second kappa shape index (κ2) is 5.72. The molecule has 0 bridgehead atoms. The lowest BCUT2D eigenvalue weighted by Crippen LogP contribution is -2.39. The summed E-state index contributed by atoms with van der Waals surface area (Å²) in [5, 5.41) is 3.58. The fourth-order valence-corrected chi connectivity index (χ4v) is 2.23. The number of hydrogen-bond acceptors (Lipinski definition) is 2. The van der Waals surface area contributed by atoms with E-state index >= 15 is 0 Å². The third-order valence-corrected chi connectivity index (χ3v) is 3.68. The Labute approximate surface area is 88.6 Å². The highest BCUT2D eigenvalue weighted by molar-refractivity contribution is 4.88. The first-order valence-electron chi connectivity index (χ1n) is 6.15. The summed E-state index contributed by atoms with van der Waals surface area (Å²) in [7, 11) is 0. The second-order valence-corrected chi connectivity index (χ2v) is 5.00. The Bertz CT molecular complexity index is 145. The van der Waals surface area contributed by atoms with E-state index in [0.29, 0.717) is 11.5 Å². The lowest BCUT2D eigenvalue weighted by atomic mass is 9.67. The van der Waals surface area contributed by atoms with Crippen LogP contribution in [0.4, 0.5) is 0 Å². The molecule has 1 saturated carbocycles. The third-order valence-electron chi connectivity index (χ3n) is 3.68. The van der Waals surface area contributed by atoms with E-state index < -0.39 is 0 Å². The zero-order valence-electron chi connectivity index (χ0n) is 9.81. The van der Waals surface area contributed by atoms with Crippen LogP contribution in [0.5, 0.6) is 0 Å². The van der Waals surface area contributed by atoms with Gasteiger partial charge in [0.2, 0.25) is 0 Å². The van der Waals surface area contributed by atoms with Crippen LogP contribution in [-0.2, 0) is 0 Å². The van der Waals surface area contributed by atoms with Gasteiger partial charge in [-0.15, -0.1) is 0 Å². The molecule has 1 unspecified atom stereocenters. The number of nitrogens with two attached hydrogens (primary N) is 1. The molecule has 2 nitrogen and oxygen atoms in total. The van der Waals surface area contributed by atoms with Crippen LogP contribution in [0.3, 0.4) is 0 Å². The largest absolute Gasteiger partial charge is 0.328 e. The first-order valence-corrected chi connectivity index (χ1v) is 6.15. The van der Waals surface area contributed by atoms with Gasteiger partial charge in [-0.2, -0.15) is 0 Å². The Kier molecular flexibility index (Phi) is 4.90. The summed E-state index contributed by atoms with van der Waals surface area (Å²) >= 11 is 0. The predicted octanol–water partition coefficient (Wildman–Crippen LogP) is 2.28. The smallest absolute Gasteiger partial charge is 0.00109 e. The van der Waals surface area contributed by atoms with Crippen molar-refractivity contribution >= 4 is 0 Å². The highest BCUT2D eigenvalue weighted by atomic mass is 14.9. The average Bonchev–Trinajstić information content (AvgIpc) is 2.08. The van der Waals surface area contributed by atoms with Gasteiger partial charge < -0.3 is 11.1 Å². The average molecular weight is 198 g/mol. The monoisotopic (exact) mass is 198 g/mol. The molecule has 0 aromatic carbocycles. The summed E-state index contributed by atoms with van der Waals surface area (Å²) in [5.74, 6) is 0. The minimum absolute atomic E-state index is 0.362. The van der Waals surface area contributed by atoms with Crippen molar-refractivity contribution in [1.82, 2.24) is 5.32 Å². The Morgan fingerprint density at radius 3 is 2.57 bits per heavy atom. The van der Waals surface area contributed by atoms with Crippen molar-refractivity contribution in [3.63, 3.8) is 0 Å². The van der Waals surface area contributed by atoms with Crippen LogP contribution in [-0.4, -0.2) is 19.1 Å². The van der Waals surface area contributed by atoms with E-state index in [1.807, 2.05) is 0 Å². The maximum atomic E-state index is 5.70. The zero-order chi connectivity index (χ0) is 10.4. The maximum absolute atomic E-state index is 5.70. The molecule has 0 radical (unpaired) electrons. The van der Waals surface area contributed by atoms with E-state index in [1.54, 1.807) is 0 Å². The molecule has 2 heteroatoms.